The monoisotopic (exact) mass is 343 g/mol. The molecule has 1 aliphatic carbocycles. The maximum atomic E-state index is 12.4. The van der Waals surface area contributed by atoms with Crippen LogP contribution in [0.4, 0.5) is 0 Å². The molecule has 0 spiro atoms. The largest absolute Gasteiger partial charge is 0.467 e. The molecule has 0 unspecified atom stereocenters. The number of ether oxygens (including phenoxy) is 2. The molecule has 1 aromatic rings. The second-order valence-electron chi connectivity index (χ2n) is 6.77. The van der Waals surface area contributed by atoms with Crippen LogP contribution in [0.25, 0.3) is 0 Å². The van der Waals surface area contributed by atoms with Crippen LogP contribution in [0.1, 0.15) is 38.5 Å². The van der Waals surface area contributed by atoms with Gasteiger partial charge in [0, 0.05) is 6.08 Å². The first-order chi connectivity index (χ1) is 12.2. The Bertz CT molecular complexity index is 634. The van der Waals surface area contributed by atoms with Crippen LogP contribution in [0.15, 0.2) is 42.2 Å². The Balaban J connectivity index is 1.67. The van der Waals surface area contributed by atoms with Gasteiger partial charge in [-0.1, -0.05) is 50.3 Å². The van der Waals surface area contributed by atoms with Crippen LogP contribution >= 0.6 is 0 Å². The highest BCUT2D eigenvalue weighted by Crippen LogP contribution is 2.30. The van der Waals surface area contributed by atoms with E-state index in [1.54, 1.807) is 4.90 Å². The van der Waals surface area contributed by atoms with E-state index in [0.717, 1.165) is 12.8 Å². The van der Waals surface area contributed by atoms with E-state index in [0.29, 0.717) is 30.4 Å². The number of nitrogens with zero attached hydrogens (tertiary/aromatic N) is 1. The Morgan fingerprint density at radius 1 is 1.20 bits per heavy atom. The van der Waals surface area contributed by atoms with Gasteiger partial charge in [0.25, 0.3) is 5.91 Å². The van der Waals surface area contributed by atoms with Crippen molar-refractivity contribution in [3.8, 4) is 5.75 Å². The molecule has 5 heteroatoms. The molecule has 0 aromatic heterocycles. The molecule has 0 radical (unpaired) electrons. The van der Waals surface area contributed by atoms with Crippen molar-refractivity contribution in [2.45, 2.75) is 44.6 Å². The van der Waals surface area contributed by atoms with Crippen LogP contribution in [0.5, 0.6) is 5.75 Å². The quantitative estimate of drug-likeness (QED) is 0.744. The molecule has 1 heterocycles. The maximum Gasteiger partial charge on any atom is 0.328 e. The van der Waals surface area contributed by atoms with E-state index >= 15 is 0 Å². The number of hydrogen-bond donors (Lipinski definition) is 0. The topological polar surface area (TPSA) is 55.8 Å². The van der Waals surface area contributed by atoms with Crippen LogP contribution in [0, 0.1) is 5.92 Å². The number of esters is 1. The lowest BCUT2D eigenvalue weighted by Gasteiger charge is -2.30. The third-order valence-electron chi connectivity index (χ3n) is 5.02. The Morgan fingerprint density at radius 3 is 2.60 bits per heavy atom. The van der Waals surface area contributed by atoms with Crippen molar-refractivity contribution in [1.29, 1.82) is 0 Å². The van der Waals surface area contributed by atoms with Crippen molar-refractivity contribution in [3.05, 3.63) is 42.2 Å². The van der Waals surface area contributed by atoms with Gasteiger partial charge in [0.05, 0.1) is 13.7 Å². The van der Waals surface area contributed by atoms with Gasteiger partial charge in [-0.2, -0.15) is 0 Å². The first kappa shape index (κ1) is 17.5. The third kappa shape index (κ3) is 4.41. The molecule has 0 bridgehead atoms. The van der Waals surface area contributed by atoms with E-state index in [9.17, 15) is 9.59 Å². The van der Waals surface area contributed by atoms with Crippen molar-refractivity contribution >= 4 is 11.9 Å². The minimum absolute atomic E-state index is 0.183. The molecule has 0 saturated heterocycles. The molecular weight excluding hydrogens is 318 g/mol. The summed E-state index contributed by atoms with van der Waals surface area (Å²) in [6, 6.07) is 8.82. The SMILES string of the molecule is COC(=O)[C@H](CC1CCCCC1)N1CC(Oc2ccccc2)=CC1=O. The molecule has 5 nitrogen and oxygen atoms in total. The summed E-state index contributed by atoms with van der Waals surface area (Å²) in [5, 5.41) is 0. The van der Waals surface area contributed by atoms with Gasteiger partial charge >= 0.3 is 5.97 Å². The number of methoxy groups -OCH3 is 1. The van der Waals surface area contributed by atoms with Crippen LogP contribution in [0.2, 0.25) is 0 Å². The molecule has 25 heavy (non-hydrogen) atoms. The third-order valence-corrected chi connectivity index (χ3v) is 5.02. The summed E-state index contributed by atoms with van der Waals surface area (Å²) in [7, 11) is 1.38. The fourth-order valence-corrected chi connectivity index (χ4v) is 3.70. The van der Waals surface area contributed by atoms with Crippen LogP contribution in [-0.2, 0) is 14.3 Å². The lowest BCUT2D eigenvalue weighted by Crippen LogP contribution is -2.44. The van der Waals surface area contributed by atoms with E-state index in [4.69, 9.17) is 9.47 Å². The first-order valence-electron chi connectivity index (χ1n) is 8.99. The summed E-state index contributed by atoms with van der Waals surface area (Å²) in [6.45, 7) is 0.306. The highest BCUT2D eigenvalue weighted by atomic mass is 16.5. The smallest absolute Gasteiger partial charge is 0.328 e. The zero-order valence-electron chi connectivity index (χ0n) is 14.6. The van der Waals surface area contributed by atoms with E-state index in [1.807, 2.05) is 30.3 Å². The molecule has 1 saturated carbocycles. The number of para-hydroxylation sites is 1. The minimum atomic E-state index is -0.534. The number of amides is 1. The molecule has 1 aromatic carbocycles. The highest BCUT2D eigenvalue weighted by Gasteiger charge is 2.36. The van der Waals surface area contributed by atoms with E-state index < -0.39 is 6.04 Å². The fourth-order valence-electron chi connectivity index (χ4n) is 3.70. The van der Waals surface area contributed by atoms with Crippen LogP contribution < -0.4 is 4.74 Å². The molecule has 1 atom stereocenters. The van der Waals surface area contributed by atoms with Gasteiger partial charge in [-0.15, -0.1) is 0 Å². The fraction of sp³-hybridized carbons (Fsp3) is 0.500. The standard InChI is InChI=1S/C20H25NO4/c1-24-20(23)18(12-15-8-4-2-5-9-15)21-14-17(13-19(21)22)25-16-10-6-3-7-11-16/h3,6-7,10-11,13,15,18H,2,4-5,8-9,12,14H2,1H3/t18-/m0/s1. The summed E-state index contributed by atoms with van der Waals surface area (Å²) >= 11 is 0. The average molecular weight is 343 g/mol. The molecular formula is C20H25NO4. The molecule has 3 rings (SSSR count). The minimum Gasteiger partial charge on any atom is -0.467 e. The molecule has 1 aliphatic heterocycles. The first-order valence-corrected chi connectivity index (χ1v) is 8.99. The van der Waals surface area contributed by atoms with E-state index in [2.05, 4.69) is 0 Å². The van der Waals surface area contributed by atoms with Crippen molar-refractivity contribution < 1.29 is 19.1 Å². The van der Waals surface area contributed by atoms with Gasteiger partial charge in [-0.25, -0.2) is 4.79 Å². The van der Waals surface area contributed by atoms with Gasteiger partial charge in [-0.3, -0.25) is 4.79 Å². The summed E-state index contributed by atoms with van der Waals surface area (Å²) in [5.74, 6) is 1.20. The van der Waals surface area contributed by atoms with Gasteiger partial charge in [0.1, 0.15) is 17.6 Å². The lowest BCUT2D eigenvalue weighted by atomic mass is 9.84. The van der Waals surface area contributed by atoms with Gasteiger partial charge in [0.2, 0.25) is 0 Å². The zero-order valence-corrected chi connectivity index (χ0v) is 14.6. The normalized spacial score (nSPS) is 19.5. The van der Waals surface area contributed by atoms with Crippen LogP contribution in [0.3, 0.4) is 0 Å². The number of carbonyl (C=O) groups excluding carboxylic acids is 2. The summed E-state index contributed by atoms with van der Waals surface area (Å²) in [4.78, 5) is 26.3. The predicted molar refractivity (Wildman–Crippen MR) is 93.9 cm³/mol. The van der Waals surface area contributed by atoms with E-state index in [-0.39, 0.29) is 11.9 Å². The predicted octanol–water partition coefficient (Wildman–Crippen LogP) is 3.30. The zero-order chi connectivity index (χ0) is 17.6. The summed E-state index contributed by atoms with van der Waals surface area (Å²) in [5.41, 5.74) is 0. The molecule has 0 N–H and O–H groups in total. The van der Waals surface area contributed by atoms with Crippen molar-refractivity contribution in [2.24, 2.45) is 5.92 Å². The maximum absolute atomic E-state index is 12.4. The number of carbonyl (C=O) groups is 2. The Hall–Kier alpha value is -2.30. The Morgan fingerprint density at radius 2 is 1.92 bits per heavy atom. The summed E-state index contributed by atoms with van der Waals surface area (Å²) in [6.07, 6.45) is 8.06. The number of rotatable bonds is 6. The Labute approximate surface area is 148 Å². The highest BCUT2D eigenvalue weighted by molar-refractivity contribution is 5.94. The molecule has 1 fully saturated rings. The molecule has 2 aliphatic rings. The van der Waals surface area contributed by atoms with Gasteiger partial charge in [-0.05, 0) is 24.5 Å². The van der Waals surface area contributed by atoms with Gasteiger partial charge < -0.3 is 14.4 Å². The second kappa shape index (κ2) is 8.19. The van der Waals surface area contributed by atoms with Crippen LogP contribution in [-0.4, -0.2) is 36.5 Å². The van der Waals surface area contributed by atoms with Gasteiger partial charge in [0.15, 0.2) is 0 Å². The van der Waals surface area contributed by atoms with E-state index in [1.165, 1.54) is 32.4 Å². The molecule has 134 valence electrons. The lowest BCUT2D eigenvalue weighted by molar-refractivity contribution is -0.151. The summed E-state index contributed by atoms with van der Waals surface area (Å²) < 4.78 is 10.7. The van der Waals surface area contributed by atoms with Crippen molar-refractivity contribution in [3.63, 3.8) is 0 Å². The number of hydrogen-bond acceptors (Lipinski definition) is 4. The van der Waals surface area contributed by atoms with Crippen molar-refractivity contribution in [2.75, 3.05) is 13.7 Å². The Kier molecular flexibility index (Phi) is 5.74. The average Bonchev–Trinajstić information content (AvgIpc) is 3.00. The number of benzene rings is 1. The second-order valence-corrected chi connectivity index (χ2v) is 6.77. The van der Waals surface area contributed by atoms with Crippen molar-refractivity contribution in [1.82, 2.24) is 4.90 Å². The molecule has 1 amide bonds.